The van der Waals surface area contributed by atoms with Crippen LogP contribution in [-0.4, -0.2) is 36.8 Å². The van der Waals surface area contributed by atoms with Crippen molar-refractivity contribution in [2.24, 2.45) is 17.8 Å². The van der Waals surface area contributed by atoms with Crippen LogP contribution < -0.4 is 19.3 Å². The minimum absolute atomic E-state index is 0.0721. The van der Waals surface area contributed by atoms with E-state index in [9.17, 15) is 19.2 Å². The van der Waals surface area contributed by atoms with E-state index in [1.807, 2.05) is 6.92 Å². The summed E-state index contributed by atoms with van der Waals surface area (Å²) >= 11 is 0. The molecule has 0 aromatic heterocycles. The molecular weight excluding hydrogens is 460 g/mol. The zero-order valence-corrected chi connectivity index (χ0v) is 20.6. The van der Waals surface area contributed by atoms with E-state index in [0.29, 0.717) is 29.3 Å². The number of hydrogen-bond donors (Lipinski definition) is 0. The first kappa shape index (κ1) is 24.0. The molecular formula is C28H30N2O6. The first-order chi connectivity index (χ1) is 17.4. The highest BCUT2D eigenvalue weighted by Crippen LogP contribution is 2.41. The number of ether oxygens (including phenoxy) is 2. The van der Waals surface area contributed by atoms with E-state index in [4.69, 9.17) is 9.47 Å². The molecule has 188 valence electrons. The smallest absolute Gasteiger partial charge is 0.316 e. The second-order valence-corrected chi connectivity index (χ2v) is 9.71. The molecule has 5 rings (SSSR count). The first-order valence-corrected chi connectivity index (χ1v) is 12.6. The van der Waals surface area contributed by atoms with Gasteiger partial charge in [0.1, 0.15) is 11.5 Å². The molecule has 3 aliphatic rings. The summed E-state index contributed by atoms with van der Waals surface area (Å²) in [6.45, 7) is 4.49. The van der Waals surface area contributed by atoms with E-state index >= 15 is 0 Å². The molecule has 8 nitrogen and oxygen atoms in total. The number of carbonyl (C=O) groups excluding carboxylic acids is 4. The van der Waals surface area contributed by atoms with Crippen molar-refractivity contribution < 1.29 is 28.7 Å². The molecule has 1 aliphatic carbocycles. The van der Waals surface area contributed by atoms with Gasteiger partial charge in [-0.3, -0.25) is 19.2 Å². The third-order valence-electron chi connectivity index (χ3n) is 7.39. The SMILES string of the molecule is CCOc1ccc(N2C[C@H](C(=O)Oc3ccc(N4C(=O)[C@@H]5CCCC[C@H]5C4=O)c(C)c3)CC2=O)cc1. The number of nitrogens with zero attached hydrogens (tertiary/aromatic N) is 2. The van der Waals surface area contributed by atoms with Gasteiger partial charge < -0.3 is 14.4 Å². The summed E-state index contributed by atoms with van der Waals surface area (Å²) in [6, 6.07) is 12.1. The molecule has 0 N–H and O–H groups in total. The molecule has 1 saturated carbocycles. The number of benzene rings is 2. The lowest BCUT2D eigenvalue weighted by Crippen LogP contribution is -2.31. The molecule has 2 aromatic carbocycles. The number of imide groups is 1. The average Bonchev–Trinajstić information content (AvgIpc) is 3.38. The number of hydrogen-bond acceptors (Lipinski definition) is 6. The second-order valence-electron chi connectivity index (χ2n) is 9.71. The Morgan fingerprint density at radius 2 is 1.58 bits per heavy atom. The summed E-state index contributed by atoms with van der Waals surface area (Å²) in [7, 11) is 0. The van der Waals surface area contributed by atoms with Gasteiger partial charge in [0.2, 0.25) is 17.7 Å². The Bertz CT molecular complexity index is 1180. The first-order valence-electron chi connectivity index (χ1n) is 12.6. The van der Waals surface area contributed by atoms with Gasteiger partial charge in [0, 0.05) is 18.7 Å². The quantitative estimate of drug-likeness (QED) is 0.345. The lowest BCUT2D eigenvalue weighted by molar-refractivity contribution is -0.139. The molecule has 2 heterocycles. The fourth-order valence-corrected chi connectivity index (χ4v) is 5.55. The summed E-state index contributed by atoms with van der Waals surface area (Å²) in [4.78, 5) is 54.2. The predicted molar refractivity (Wildman–Crippen MR) is 133 cm³/mol. The van der Waals surface area contributed by atoms with Crippen molar-refractivity contribution >= 4 is 35.1 Å². The summed E-state index contributed by atoms with van der Waals surface area (Å²) in [5.74, 6) is -0.864. The number of anilines is 2. The number of aryl methyl sites for hydroxylation is 1. The van der Waals surface area contributed by atoms with Crippen LogP contribution in [0, 0.1) is 24.7 Å². The molecule has 0 unspecified atom stereocenters. The highest BCUT2D eigenvalue weighted by atomic mass is 16.5. The molecule has 2 saturated heterocycles. The zero-order chi connectivity index (χ0) is 25.4. The Balaban J connectivity index is 1.25. The third-order valence-corrected chi connectivity index (χ3v) is 7.39. The standard InChI is InChI=1S/C28H30N2O6/c1-3-35-20-10-8-19(9-11-20)29-16-18(15-25(29)31)28(34)36-21-12-13-24(17(2)14-21)30-26(32)22-6-4-5-7-23(22)27(30)33/h8-14,18,22-23H,3-7,15-16H2,1-2H3/t18-,22-,23-/m1/s1. The van der Waals surface area contributed by atoms with Gasteiger partial charge in [0.05, 0.1) is 30.0 Å². The molecule has 3 amide bonds. The van der Waals surface area contributed by atoms with E-state index in [2.05, 4.69) is 0 Å². The molecule has 0 bridgehead atoms. The van der Waals surface area contributed by atoms with Gasteiger partial charge in [-0.25, -0.2) is 4.90 Å². The summed E-state index contributed by atoms with van der Waals surface area (Å²) in [5, 5.41) is 0. The monoisotopic (exact) mass is 490 g/mol. The van der Waals surface area contributed by atoms with Crippen molar-refractivity contribution in [3.63, 3.8) is 0 Å². The Morgan fingerprint density at radius 1 is 0.944 bits per heavy atom. The van der Waals surface area contributed by atoms with Crippen molar-refractivity contribution in [3.8, 4) is 11.5 Å². The minimum Gasteiger partial charge on any atom is -0.494 e. The maximum atomic E-state index is 12.9. The van der Waals surface area contributed by atoms with Crippen LogP contribution >= 0.6 is 0 Å². The summed E-state index contributed by atoms with van der Waals surface area (Å²) in [5.41, 5.74) is 1.93. The summed E-state index contributed by atoms with van der Waals surface area (Å²) in [6.07, 6.45) is 3.54. The number of esters is 1. The fraction of sp³-hybridized carbons (Fsp3) is 0.429. The van der Waals surface area contributed by atoms with Crippen molar-refractivity contribution in [2.75, 3.05) is 23.0 Å². The van der Waals surface area contributed by atoms with Gasteiger partial charge in [-0.2, -0.15) is 0 Å². The third kappa shape index (κ3) is 4.36. The van der Waals surface area contributed by atoms with Crippen LogP contribution in [0.25, 0.3) is 0 Å². The molecule has 36 heavy (non-hydrogen) atoms. The van der Waals surface area contributed by atoms with E-state index < -0.39 is 11.9 Å². The van der Waals surface area contributed by atoms with E-state index in [0.717, 1.165) is 31.4 Å². The van der Waals surface area contributed by atoms with Crippen LogP contribution in [-0.2, 0) is 19.2 Å². The number of amides is 3. The van der Waals surface area contributed by atoms with Crippen molar-refractivity contribution in [1.29, 1.82) is 0 Å². The molecule has 3 fully saturated rings. The van der Waals surface area contributed by atoms with Gasteiger partial charge in [-0.1, -0.05) is 12.8 Å². The molecule has 2 aromatic rings. The minimum atomic E-state index is -0.589. The van der Waals surface area contributed by atoms with Crippen LogP contribution in [0.2, 0.25) is 0 Å². The predicted octanol–water partition coefficient (Wildman–Crippen LogP) is 4.03. The van der Waals surface area contributed by atoms with E-state index in [-0.39, 0.29) is 42.5 Å². The lowest BCUT2D eigenvalue weighted by Gasteiger charge is -2.19. The Morgan fingerprint density at radius 3 is 2.19 bits per heavy atom. The number of carbonyl (C=O) groups is 4. The lowest BCUT2D eigenvalue weighted by atomic mass is 9.81. The Kier molecular flexibility index (Phi) is 6.51. The van der Waals surface area contributed by atoms with Gasteiger partial charge >= 0.3 is 5.97 Å². The van der Waals surface area contributed by atoms with Crippen molar-refractivity contribution in [1.82, 2.24) is 0 Å². The Hall–Kier alpha value is -3.68. The van der Waals surface area contributed by atoms with Crippen LogP contribution in [0.4, 0.5) is 11.4 Å². The van der Waals surface area contributed by atoms with Gasteiger partial charge in [-0.05, 0) is 74.7 Å². The fourth-order valence-electron chi connectivity index (χ4n) is 5.55. The topological polar surface area (TPSA) is 93.2 Å². The molecule has 8 heteroatoms. The average molecular weight is 491 g/mol. The van der Waals surface area contributed by atoms with Crippen LogP contribution in [0.1, 0.15) is 44.6 Å². The molecule has 0 spiro atoms. The maximum absolute atomic E-state index is 12.9. The van der Waals surface area contributed by atoms with Crippen molar-refractivity contribution in [3.05, 3.63) is 48.0 Å². The summed E-state index contributed by atoms with van der Waals surface area (Å²) < 4.78 is 11.0. The second kappa shape index (κ2) is 9.76. The van der Waals surface area contributed by atoms with Crippen LogP contribution in [0.5, 0.6) is 11.5 Å². The van der Waals surface area contributed by atoms with E-state index in [1.165, 1.54) is 4.90 Å². The molecule has 3 atom stereocenters. The zero-order valence-electron chi connectivity index (χ0n) is 20.6. The van der Waals surface area contributed by atoms with Crippen LogP contribution in [0.3, 0.4) is 0 Å². The normalized spacial score (nSPS) is 23.7. The van der Waals surface area contributed by atoms with E-state index in [1.54, 1.807) is 54.3 Å². The highest BCUT2D eigenvalue weighted by molar-refractivity contribution is 6.22. The maximum Gasteiger partial charge on any atom is 0.316 e. The van der Waals surface area contributed by atoms with Crippen LogP contribution in [0.15, 0.2) is 42.5 Å². The van der Waals surface area contributed by atoms with Crippen molar-refractivity contribution in [2.45, 2.75) is 46.0 Å². The van der Waals surface area contributed by atoms with Gasteiger partial charge in [0.15, 0.2) is 0 Å². The number of rotatable bonds is 6. The molecule has 0 radical (unpaired) electrons. The largest absolute Gasteiger partial charge is 0.494 e. The van der Waals surface area contributed by atoms with Gasteiger partial charge in [-0.15, -0.1) is 0 Å². The molecule has 2 aliphatic heterocycles. The highest BCUT2D eigenvalue weighted by Gasteiger charge is 2.49. The van der Waals surface area contributed by atoms with Gasteiger partial charge in [0.25, 0.3) is 0 Å². The Labute approximate surface area is 210 Å². The number of fused-ring (bicyclic) bond motifs is 1.